The maximum atomic E-state index is 12.6. The molecule has 0 radical (unpaired) electrons. The minimum atomic E-state index is -0.107. The SMILES string of the molecule is CN(C)[C@H](CNC(=O)c1cccc(Nc2ncccn2)c1)c1ccsc1. The lowest BCUT2D eigenvalue weighted by atomic mass is 10.1. The van der Waals surface area contributed by atoms with Gasteiger partial charge in [0.2, 0.25) is 5.95 Å². The van der Waals surface area contributed by atoms with Crippen molar-refractivity contribution in [2.45, 2.75) is 6.04 Å². The van der Waals surface area contributed by atoms with Gasteiger partial charge in [-0.3, -0.25) is 4.79 Å². The van der Waals surface area contributed by atoms with Crippen molar-refractivity contribution in [3.63, 3.8) is 0 Å². The predicted octanol–water partition coefficient (Wildman–Crippen LogP) is 3.31. The van der Waals surface area contributed by atoms with Gasteiger partial charge in [0, 0.05) is 30.2 Å². The Balaban J connectivity index is 1.65. The Labute approximate surface area is 156 Å². The number of amides is 1. The van der Waals surface area contributed by atoms with E-state index in [-0.39, 0.29) is 11.9 Å². The van der Waals surface area contributed by atoms with Crippen LogP contribution in [0, 0.1) is 0 Å². The molecule has 0 aliphatic rings. The molecule has 26 heavy (non-hydrogen) atoms. The molecule has 1 aromatic carbocycles. The second kappa shape index (κ2) is 8.55. The number of rotatable bonds is 7. The summed E-state index contributed by atoms with van der Waals surface area (Å²) in [5.41, 5.74) is 2.57. The Hall–Kier alpha value is -2.77. The van der Waals surface area contributed by atoms with Gasteiger partial charge in [0.25, 0.3) is 5.91 Å². The van der Waals surface area contributed by atoms with Crippen molar-refractivity contribution < 1.29 is 4.79 Å². The Morgan fingerprint density at radius 2 is 2.00 bits per heavy atom. The first kappa shape index (κ1) is 18.0. The van der Waals surface area contributed by atoms with Crippen molar-refractivity contribution in [1.82, 2.24) is 20.2 Å². The monoisotopic (exact) mass is 367 g/mol. The Kier molecular flexibility index (Phi) is 5.93. The number of aromatic nitrogens is 2. The van der Waals surface area contributed by atoms with Crippen LogP contribution in [0.1, 0.15) is 22.0 Å². The van der Waals surface area contributed by atoms with Crippen LogP contribution in [-0.4, -0.2) is 41.4 Å². The third kappa shape index (κ3) is 4.65. The van der Waals surface area contributed by atoms with Crippen molar-refractivity contribution in [2.24, 2.45) is 0 Å². The van der Waals surface area contributed by atoms with Gasteiger partial charge >= 0.3 is 0 Å². The van der Waals surface area contributed by atoms with E-state index >= 15 is 0 Å². The summed E-state index contributed by atoms with van der Waals surface area (Å²) in [6.07, 6.45) is 3.33. The number of nitrogens with one attached hydrogen (secondary N) is 2. The number of benzene rings is 1. The standard InChI is InChI=1S/C19H21N5OS/c1-24(2)17(15-7-10-26-13-15)12-22-18(25)14-5-3-6-16(11-14)23-19-20-8-4-9-21-19/h3-11,13,17H,12H2,1-2H3,(H,22,25)(H,20,21,23)/t17-/m1/s1. The molecule has 0 aliphatic heterocycles. The summed E-state index contributed by atoms with van der Waals surface area (Å²) < 4.78 is 0. The van der Waals surface area contributed by atoms with Crippen molar-refractivity contribution in [3.8, 4) is 0 Å². The van der Waals surface area contributed by atoms with Crippen LogP contribution in [0.5, 0.6) is 0 Å². The molecule has 7 heteroatoms. The van der Waals surface area contributed by atoms with Gasteiger partial charge in [0.05, 0.1) is 6.04 Å². The number of nitrogens with zero attached hydrogens (tertiary/aromatic N) is 3. The topological polar surface area (TPSA) is 70.2 Å². The highest BCUT2D eigenvalue weighted by Gasteiger charge is 2.16. The van der Waals surface area contributed by atoms with E-state index in [2.05, 4.69) is 42.3 Å². The third-order valence-corrected chi connectivity index (χ3v) is 4.66. The Bertz CT molecular complexity index is 836. The summed E-state index contributed by atoms with van der Waals surface area (Å²) in [7, 11) is 4.03. The summed E-state index contributed by atoms with van der Waals surface area (Å²) in [5.74, 6) is 0.389. The minimum absolute atomic E-state index is 0.107. The first-order valence-corrected chi connectivity index (χ1v) is 9.18. The number of thiophene rings is 1. The molecule has 1 atom stereocenters. The van der Waals surface area contributed by atoms with Gasteiger partial charge in [-0.15, -0.1) is 0 Å². The molecule has 0 fully saturated rings. The zero-order valence-electron chi connectivity index (χ0n) is 14.7. The van der Waals surface area contributed by atoms with Gasteiger partial charge in [-0.05, 0) is 60.8 Å². The fraction of sp³-hybridized carbons (Fsp3) is 0.211. The molecule has 2 aromatic heterocycles. The van der Waals surface area contributed by atoms with Gasteiger partial charge in [0.15, 0.2) is 0 Å². The van der Waals surface area contributed by atoms with Crippen molar-refractivity contribution in [3.05, 3.63) is 70.7 Å². The van der Waals surface area contributed by atoms with Crippen LogP contribution in [0.4, 0.5) is 11.6 Å². The molecule has 6 nitrogen and oxygen atoms in total. The number of hydrogen-bond acceptors (Lipinski definition) is 6. The fourth-order valence-corrected chi connectivity index (χ4v) is 3.29. The number of hydrogen-bond donors (Lipinski definition) is 2. The van der Waals surface area contributed by atoms with Crippen LogP contribution < -0.4 is 10.6 Å². The maximum Gasteiger partial charge on any atom is 0.251 e. The van der Waals surface area contributed by atoms with Crippen LogP contribution in [0.3, 0.4) is 0 Å². The van der Waals surface area contributed by atoms with Crippen LogP contribution >= 0.6 is 11.3 Å². The lowest BCUT2D eigenvalue weighted by molar-refractivity contribution is 0.0942. The molecule has 0 bridgehead atoms. The largest absolute Gasteiger partial charge is 0.350 e. The van der Waals surface area contributed by atoms with E-state index < -0.39 is 0 Å². The molecule has 2 heterocycles. The van der Waals surface area contributed by atoms with Crippen molar-refractivity contribution >= 4 is 28.9 Å². The molecular formula is C19H21N5OS. The van der Waals surface area contributed by atoms with Crippen LogP contribution in [-0.2, 0) is 0 Å². The van der Waals surface area contributed by atoms with E-state index in [4.69, 9.17) is 0 Å². The van der Waals surface area contributed by atoms with E-state index in [1.807, 2.05) is 26.2 Å². The molecule has 134 valence electrons. The van der Waals surface area contributed by atoms with E-state index in [1.54, 1.807) is 41.9 Å². The van der Waals surface area contributed by atoms with Crippen molar-refractivity contribution in [1.29, 1.82) is 0 Å². The maximum absolute atomic E-state index is 12.6. The van der Waals surface area contributed by atoms with Gasteiger partial charge in [-0.1, -0.05) is 6.07 Å². The highest BCUT2D eigenvalue weighted by atomic mass is 32.1. The second-order valence-electron chi connectivity index (χ2n) is 6.02. The molecule has 0 spiro atoms. The van der Waals surface area contributed by atoms with E-state index in [0.29, 0.717) is 18.1 Å². The third-order valence-electron chi connectivity index (χ3n) is 3.95. The zero-order valence-corrected chi connectivity index (χ0v) is 15.5. The summed E-state index contributed by atoms with van der Waals surface area (Å²) in [6, 6.07) is 11.3. The van der Waals surface area contributed by atoms with Crippen molar-refractivity contribution in [2.75, 3.05) is 26.0 Å². The first-order chi connectivity index (χ1) is 12.6. The van der Waals surface area contributed by atoms with Crippen LogP contribution in [0.2, 0.25) is 0 Å². The average Bonchev–Trinajstić information content (AvgIpc) is 3.17. The molecule has 0 unspecified atom stereocenters. The quantitative estimate of drug-likeness (QED) is 0.670. The molecule has 0 saturated heterocycles. The minimum Gasteiger partial charge on any atom is -0.350 e. The smallest absolute Gasteiger partial charge is 0.251 e. The Morgan fingerprint density at radius 1 is 1.19 bits per heavy atom. The molecule has 2 N–H and O–H groups in total. The second-order valence-corrected chi connectivity index (χ2v) is 6.80. The molecule has 3 rings (SSSR count). The van der Waals surface area contributed by atoms with E-state index in [9.17, 15) is 4.79 Å². The van der Waals surface area contributed by atoms with Crippen LogP contribution in [0.25, 0.3) is 0 Å². The molecule has 0 saturated carbocycles. The van der Waals surface area contributed by atoms with Gasteiger partial charge in [0.1, 0.15) is 0 Å². The lowest BCUT2D eigenvalue weighted by Gasteiger charge is -2.24. The fourth-order valence-electron chi connectivity index (χ4n) is 2.59. The summed E-state index contributed by atoms with van der Waals surface area (Å²) in [6.45, 7) is 0.544. The summed E-state index contributed by atoms with van der Waals surface area (Å²) in [5, 5.41) is 10.3. The highest BCUT2D eigenvalue weighted by molar-refractivity contribution is 7.07. The summed E-state index contributed by atoms with van der Waals surface area (Å²) in [4.78, 5) is 22.9. The summed E-state index contributed by atoms with van der Waals surface area (Å²) >= 11 is 1.66. The molecule has 3 aromatic rings. The normalized spacial score (nSPS) is 12.0. The highest BCUT2D eigenvalue weighted by Crippen LogP contribution is 2.20. The van der Waals surface area contributed by atoms with E-state index in [0.717, 1.165) is 5.69 Å². The van der Waals surface area contributed by atoms with E-state index in [1.165, 1.54) is 5.56 Å². The molecular weight excluding hydrogens is 346 g/mol. The van der Waals surface area contributed by atoms with Gasteiger partial charge < -0.3 is 15.5 Å². The number of carbonyl (C=O) groups excluding carboxylic acids is 1. The van der Waals surface area contributed by atoms with Crippen LogP contribution in [0.15, 0.2) is 59.6 Å². The van der Waals surface area contributed by atoms with Gasteiger partial charge in [-0.2, -0.15) is 11.3 Å². The molecule has 0 aliphatic carbocycles. The number of anilines is 2. The number of carbonyl (C=O) groups is 1. The average molecular weight is 367 g/mol. The van der Waals surface area contributed by atoms with Gasteiger partial charge in [-0.25, -0.2) is 9.97 Å². The zero-order chi connectivity index (χ0) is 18.4. The Morgan fingerprint density at radius 3 is 2.69 bits per heavy atom. The predicted molar refractivity (Wildman–Crippen MR) is 105 cm³/mol. The first-order valence-electron chi connectivity index (χ1n) is 8.24. The number of likely N-dealkylation sites (N-methyl/N-ethyl adjacent to an activating group) is 1. The molecule has 1 amide bonds. The lowest BCUT2D eigenvalue weighted by Crippen LogP contribution is -2.34.